The normalized spacial score (nSPS) is 23.2. The molecule has 3 aromatic rings. The van der Waals surface area contributed by atoms with Crippen LogP contribution in [0.3, 0.4) is 0 Å². The summed E-state index contributed by atoms with van der Waals surface area (Å²) in [5, 5.41) is 16.2. The number of hydrogen-bond acceptors (Lipinski definition) is 8. The van der Waals surface area contributed by atoms with E-state index in [-0.39, 0.29) is 23.4 Å². The Morgan fingerprint density at radius 2 is 2.10 bits per heavy atom. The second kappa shape index (κ2) is 7.74. The van der Waals surface area contributed by atoms with Gasteiger partial charge in [-0.25, -0.2) is 9.66 Å². The molecule has 6 N–H and O–H groups in total. The van der Waals surface area contributed by atoms with Crippen LogP contribution in [0.1, 0.15) is 24.2 Å². The number of halogens is 2. The molecule has 3 aromatic heterocycles. The molecule has 162 valence electrons. The molecule has 0 aromatic carbocycles. The largest absolute Gasteiger partial charge is 0.465 e. The Labute approximate surface area is 188 Å². The molecule has 11 heteroatoms. The highest BCUT2D eigenvalue weighted by molar-refractivity contribution is 6.32. The third-order valence-corrected chi connectivity index (χ3v) is 6.30. The Morgan fingerprint density at radius 1 is 1.29 bits per heavy atom. The molecule has 0 radical (unpaired) electrons. The van der Waals surface area contributed by atoms with E-state index in [0.29, 0.717) is 28.3 Å². The quantitative estimate of drug-likeness (QED) is 0.370. The molecule has 0 amide bonds. The highest BCUT2D eigenvalue weighted by Gasteiger charge is 2.51. The summed E-state index contributed by atoms with van der Waals surface area (Å²) in [6.45, 7) is 0.936. The number of aromatic nitrogens is 3. The molecule has 0 saturated carbocycles. The molecule has 3 atom stereocenters. The molecule has 5 rings (SSSR count). The minimum absolute atomic E-state index is 0.00376. The molecule has 1 fully saturated rings. The van der Waals surface area contributed by atoms with Gasteiger partial charge in [-0.2, -0.15) is 4.98 Å². The predicted molar refractivity (Wildman–Crippen MR) is 118 cm³/mol. The number of pyridine rings is 1. The summed E-state index contributed by atoms with van der Waals surface area (Å²) in [5.74, 6) is 1.56. The standard InChI is InChI=1S/C20H22Cl2N8O/c21-15-8-11(9-16(22)26-15)7-12(13-3-1-5-25-13)20(14-4-2-6-31-14)28-18-10-17(23)27-19(24)30(18)29-20/h2,4,6,8-10,12-13,25,28-29H,1,3,5,7H2,(H3,23,24,27). The summed E-state index contributed by atoms with van der Waals surface area (Å²) in [5.41, 5.74) is 9.48. The SMILES string of the molecule is N=c1nc(N)cc2n1NC(c1ccco1)(C(Cc1cc(Cl)nc(Cl)c1)C1CCCN1)N2. The van der Waals surface area contributed by atoms with Crippen LogP contribution in [-0.2, 0) is 12.1 Å². The van der Waals surface area contributed by atoms with Crippen LogP contribution >= 0.6 is 23.2 Å². The Balaban J connectivity index is 1.63. The molecule has 0 aliphatic carbocycles. The third kappa shape index (κ3) is 3.62. The molecule has 2 aliphatic heterocycles. The van der Waals surface area contributed by atoms with E-state index in [1.807, 2.05) is 24.3 Å². The summed E-state index contributed by atoms with van der Waals surface area (Å²) in [6, 6.07) is 9.30. The fourth-order valence-corrected chi connectivity index (χ4v) is 5.16. The van der Waals surface area contributed by atoms with Crippen molar-refractivity contribution < 1.29 is 4.42 Å². The number of hydrogen-bond donors (Lipinski definition) is 5. The molecule has 3 unspecified atom stereocenters. The van der Waals surface area contributed by atoms with Gasteiger partial charge in [0.1, 0.15) is 21.9 Å². The number of nitrogen functional groups attached to an aromatic ring is 1. The lowest BCUT2D eigenvalue weighted by Gasteiger charge is -2.39. The third-order valence-electron chi connectivity index (χ3n) is 5.91. The first-order chi connectivity index (χ1) is 14.9. The van der Waals surface area contributed by atoms with Crippen LogP contribution in [0.5, 0.6) is 0 Å². The van der Waals surface area contributed by atoms with E-state index in [1.165, 1.54) is 0 Å². The van der Waals surface area contributed by atoms with Crippen LogP contribution < -0.4 is 27.4 Å². The lowest BCUT2D eigenvalue weighted by atomic mass is 9.79. The number of nitrogens with zero attached hydrogens (tertiary/aromatic N) is 3. The minimum atomic E-state index is -0.855. The summed E-state index contributed by atoms with van der Waals surface area (Å²) in [7, 11) is 0. The van der Waals surface area contributed by atoms with Gasteiger partial charge in [0.15, 0.2) is 11.4 Å². The second-order valence-corrected chi connectivity index (χ2v) is 8.66. The molecular weight excluding hydrogens is 439 g/mol. The van der Waals surface area contributed by atoms with E-state index in [4.69, 9.17) is 38.8 Å². The number of furan rings is 1. The molecule has 5 heterocycles. The average Bonchev–Trinajstić information content (AvgIpc) is 3.45. The molecule has 0 spiro atoms. The maximum Gasteiger partial charge on any atom is 0.244 e. The average molecular weight is 461 g/mol. The zero-order valence-corrected chi connectivity index (χ0v) is 18.0. The smallest absolute Gasteiger partial charge is 0.244 e. The fraction of sp³-hybridized carbons (Fsp3) is 0.350. The molecule has 1 saturated heterocycles. The predicted octanol–water partition coefficient (Wildman–Crippen LogP) is 2.67. The van der Waals surface area contributed by atoms with Crippen molar-refractivity contribution >= 4 is 34.8 Å². The van der Waals surface area contributed by atoms with Gasteiger partial charge >= 0.3 is 0 Å². The van der Waals surface area contributed by atoms with Gasteiger partial charge in [-0.05, 0) is 55.6 Å². The monoisotopic (exact) mass is 460 g/mol. The maximum absolute atomic E-state index is 8.30. The Morgan fingerprint density at radius 3 is 2.77 bits per heavy atom. The first-order valence-corrected chi connectivity index (χ1v) is 10.8. The Bertz CT molecular complexity index is 1140. The van der Waals surface area contributed by atoms with Crippen LogP contribution in [0.4, 0.5) is 11.6 Å². The van der Waals surface area contributed by atoms with Crippen LogP contribution in [0.15, 0.2) is 41.0 Å². The molecular formula is C20H22Cl2N8O. The zero-order valence-electron chi connectivity index (χ0n) is 16.5. The topological polar surface area (TPSA) is 130 Å². The van der Waals surface area contributed by atoms with Gasteiger partial charge in [0, 0.05) is 18.0 Å². The number of nitrogens with two attached hydrogens (primary N) is 1. The van der Waals surface area contributed by atoms with Gasteiger partial charge < -0.3 is 20.8 Å². The van der Waals surface area contributed by atoms with Gasteiger partial charge in [0.05, 0.1) is 6.26 Å². The van der Waals surface area contributed by atoms with Crippen molar-refractivity contribution in [2.24, 2.45) is 5.92 Å². The summed E-state index contributed by atoms with van der Waals surface area (Å²) in [6.07, 6.45) is 4.34. The van der Waals surface area contributed by atoms with Crippen LogP contribution in [0.25, 0.3) is 0 Å². The molecule has 2 aliphatic rings. The fourth-order valence-electron chi connectivity index (χ4n) is 4.65. The summed E-state index contributed by atoms with van der Waals surface area (Å²) >= 11 is 12.4. The van der Waals surface area contributed by atoms with Gasteiger partial charge in [-0.1, -0.05) is 23.2 Å². The van der Waals surface area contributed by atoms with Crippen molar-refractivity contribution in [1.82, 2.24) is 20.0 Å². The van der Waals surface area contributed by atoms with Crippen molar-refractivity contribution in [2.45, 2.75) is 31.0 Å². The van der Waals surface area contributed by atoms with Gasteiger partial charge in [-0.15, -0.1) is 0 Å². The first-order valence-electron chi connectivity index (χ1n) is 10.0. The number of rotatable bonds is 5. The van der Waals surface area contributed by atoms with E-state index in [2.05, 4.69) is 26.0 Å². The van der Waals surface area contributed by atoms with E-state index in [0.717, 1.165) is 24.9 Å². The summed E-state index contributed by atoms with van der Waals surface area (Å²) in [4.78, 5) is 8.14. The van der Waals surface area contributed by atoms with E-state index >= 15 is 0 Å². The highest BCUT2D eigenvalue weighted by Crippen LogP contribution is 2.42. The van der Waals surface area contributed by atoms with E-state index < -0.39 is 5.66 Å². The Kier molecular flexibility index (Phi) is 5.04. The summed E-state index contributed by atoms with van der Waals surface area (Å²) < 4.78 is 7.49. The van der Waals surface area contributed by atoms with E-state index in [9.17, 15) is 0 Å². The van der Waals surface area contributed by atoms with Gasteiger partial charge in [-0.3, -0.25) is 10.8 Å². The molecule has 31 heavy (non-hydrogen) atoms. The van der Waals surface area contributed by atoms with Crippen molar-refractivity contribution in [3.05, 3.63) is 63.8 Å². The highest BCUT2D eigenvalue weighted by atomic mass is 35.5. The number of nitrogens with one attached hydrogen (secondary N) is 4. The Hall–Kier alpha value is -2.75. The minimum Gasteiger partial charge on any atom is -0.465 e. The first kappa shape index (κ1) is 20.2. The zero-order chi connectivity index (χ0) is 21.6. The van der Waals surface area contributed by atoms with E-state index in [1.54, 1.807) is 17.0 Å². The van der Waals surface area contributed by atoms with Gasteiger partial charge in [0.2, 0.25) is 5.62 Å². The molecule has 9 nitrogen and oxygen atoms in total. The van der Waals surface area contributed by atoms with Crippen LogP contribution in [-0.4, -0.2) is 27.2 Å². The maximum atomic E-state index is 8.30. The lowest BCUT2D eigenvalue weighted by molar-refractivity contribution is 0.226. The number of anilines is 2. The van der Waals surface area contributed by atoms with Crippen molar-refractivity contribution in [1.29, 1.82) is 5.41 Å². The molecule has 0 bridgehead atoms. The lowest BCUT2D eigenvalue weighted by Crippen LogP contribution is -2.55. The van der Waals surface area contributed by atoms with Crippen LogP contribution in [0.2, 0.25) is 10.3 Å². The van der Waals surface area contributed by atoms with Gasteiger partial charge in [0.25, 0.3) is 0 Å². The second-order valence-electron chi connectivity index (χ2n) is 7.88. The van der Waals surface area contributed by atoms with Crippen molar-refractivity contribution in [3.8, 4) is 0 Å². The van der Waals surface area contributed by atoms with Crippen LogP contribution in [0, 0.1) is 11.3 Å². The number of fused-ring (bicyclic) bond motifs is 1. The van der Waals surface area contributed by atoms with Crippen molar-refractivity contribution in [2.75, 3.05) is 23.0 Å². The van der Waals surface area contributed by atoms with Crippen molar-refractivity contribution in [3.63, 3.8) is 0 Å².